The molecule has 0 aromatic heterocycles. The van der Waals surface area contributed by atoms with Crippen molar-refractivity contribution in [1.29, 1.82) is 0 Å². The van der Waals surface area contributed by atoms with Crippen LogP contribution >= 0.6 is 31.1 Å². The molecule has 2 unspecified atom stereocenters. The summed E-state index contributed by atoms with van der Waals surface area (Å²) in [6.45, 7) is 0. The Hall–Kier alpha value is -1.46. The Morgan fingerprint density at radius 3 is 1.36 bits per heavy atom. The number of hydrogen-bond donors (Lipinski definition) is 0. The van der Waals surface area contributed by atoms with Crippen molar-refractivity contribution in [2.45, 2.75) is 0 Å². The number of rotatable bonds is 4. The summed E-state index contributed by atoms with van der Waals surface area (Å²) in [5.41, 5.74) is 0. The van der Waals surface area contributed by atoms with Crippen molar-refractivity contribution in [1.82, 2.24) is 0 Å². The SMILES string of the molecule is FP1(F)=NP(F)(F)=NP(F)(Oc2ccccc2)=NP(F)(Oc2ccccc2)=N1. The van der Waals surface area contributed by atoms with Gasteiger partial charge in [0.25, 0.3) is 0 Å². The highest BCUT2D eigenvalue weighted by Gasteiger charge is 2.42. The van der Waals surface area contributed by atoms with Gasteiger partial charge in [0.05, 0.1) is 0 Å². The second-order valence-electron chi connectivity index (χ2n) is 5.02. The summed E-state index contributed by atoms with van der Waals surface area (Å²) in [6, 6.07) is 13.3. The van der Waals surface area contributed by atoms with Gasteiger partial charge >= 0.3 is 31.1 Å². The second kappa shape index (κ2) is 7.75. The van der Waals surface area contributed by atoms with E-state index in [1.54, 1.807) is 0 Å². The van der Waals surface area contributed by atoms with Gasteiger partial charge in [-0.15, -0.1) is 43.2 Å². The highest BCUT2D eigenvalue weighted by atomic mass is 31.3. The van der Waals surface area contributed by atoms with Gasteiger partial charge in [-0.25, -0.2) is 0 Å². The van der Waals surface area contributed by atoms with E-state index in [1.165, 1.54) is 60.7 Å². The van der Waals surface area contributed by atoms with Crippen molar-refractivity contribution in [2.75, 3.05) is 0 Å². The van der Waals surface area contributed by atoms with E-state index in [1.807, 2.05) is 4.52 Å². The molecule has 0 spiro atoms. The fourth-order valence-corrected chi connectivity index (χ4v) is 9.38. The van der Waals surface area contributed by atoms with Gasteiger partial charge in [-0.3, -0.25) is 0 Å². The van der Waals surface area contributed by atoms with Gasteiger partial charge < -0.3 is 9.05 Å². The zero-order chi connectivity index (χ0) is 20.5. The largest absolute Gasteiger partial charge is 0.442 e. The number of benzene rings is 2. The smallest absolute Gasteiger partial charge is 0.419 e. The molecule has 0 aliphatic carbocycles. The van der Waals surface area contributed by atoms with E-state index < -0.39 is 31.1 Å². The summed E-state index contributed by atoms with van der Waals surface area (Å²) >= 11 is 0. The minimum absolute atomic E-state index is 0.306. The molecule has 0 N–H and O–H groups in total. The number of nitrogens with zero attached hydrogens (tertiary/aromatic N) is 4. The Labute approximate surface area is 156 Å². The van der Waals surface area contributed by atoms with Crippen molar-refractivity contribution in [3.8, 4) is 11.5 Å². The van der Waals surface area contributed by atoms with E-state index in [9.17, 15) is 16.8 Å². The van der Waals surface area contributed by atoms with Crippen LogP contribution in [0.15, 0.2) is 78.7 Å². The minimum Gasteiger partial charge on any atom is -0.419 e. The summed E-state index contributed by atoms with van der Waals surface area (Å²) in [6.07, 6.45) is 0. The van der Waals surface area contributed by atoms with Gasteiger partial charge in [-0.1, -0.05) is 36.4 Å². The predicted molar refractivity (Wildman–Crippen MR) is 98.2 cm³/mol. The van der Waals surface area contributed by atoms with E-state index in [0.29, 0.717) is 0 Å². The van der Waals surface area contributed by atoms with Crippen LogP contribution in [0.3, 0.4) is 0 Å². The molecule has 0 radical (unpaired) electrons. The third-order valence-electron chi connectivity index (χ3n) is 2.80. The Bertz CT molecular complexity index is 1030. The van der Waals surface area contributed by atoms with Crippen molar-refractivity contribution in [2.24, 2.45) is 18.1 Å². The summed E-state index contributed by atoms with van der Waals surface area (Å²) in [5, 5.41) is 0. The fraction of sp³-hybridized carbons (Fsp3) is 0. The summed E-state index contributed by atoms with van der Waals surface area (Å²) < 4.78 is 104. The molecule has 1 aliphatic heterocycles. The number of para-hydroxylation sites is 2. The monoisotopic (exact) mass is 480 g/mol. The molecule has 2 aromatic carbocycles. The van der Waals surface area contributed by atoms with Crippen molar-refractivity contribution < 1.29 is 34.2 Å². The molecule has 0 saturated carbocycles. The molecule has 28 heavy (non-hydrogen) atoms. The maximum atomic E-state index is 15.1. The topological polar surface area (TPSA) is 67.9 Å². The Kier molecular flexibility index (Phi) is 5.88. The van der Waals surface area contributed by atoms with E-state index in [4.69, 9.17) is 9.05 Å². The molecular weight excluding hydrogens is 470 g/mol. The van der Waals surface area contributed by atoms with Crippen molar-refractivity contribution in [3.63, 3.8) is 0 Å². The molecule has 0 bridgehead atoms. The molecular formula is C12H10F6N4O2P4. The summed E-state index contributed by atoms with van der Waals surface area (Å²) in [4.78, 5) is 0. The standard InChI is InChI=1S/C12H10F6N4O2P4/c13-25(14)19-26(15,16)21-28(18,24-12-9-5-2-6-10-12)22-27(17,20-25)23-11-7-3-1-4-8-11/h1-10H. The highest BCUT2D eigenvalue weighted by Crippen LogP contribution is 2.81. The van der Waals surface area contributed by atoms with Gasteiger partial charge in [0.1, 0.15) is 11.5 Å². The maximum absolute atomic E-state index is 15.1. The van der Waals surface area contributed by atoms with Crippen LogP contribution in [0.5, 0.6) is 11.5 Å². The zero-order valence-corrected chi connectivity index (χ0v) is 17.0. The first-order chi connectivity index (χ1) is 13.0. The van der Waals surface area contributed by atoms with E-state index >= 15 is 8.39 Å². The van der Waals surface area contributed by atoms with Gasteiger partial charge in [-0.2, -0.15) is 0 Å². The Morgan fingerprint density at radius 1 is 0.500 bits per heavy atom. The third-order valence-corrected chi connectivity index (χ3v) is 10.7. The van der Waals surface area contributed by atoms with Crippen LogP contribution in [0.4, 0.5) is 25.2 Å². The molecule has 6 nitrogen and oxygen atoms in total. The van der Waals surface area contributed by atoms with Crippen LogP contribution in [-0.2, 0) is 0 Å². The Morgan fingerprint density at radius 2 is 0.893 bits per heavy atom. The first-order valence-corrected chi connectivity index (χ1v) is 13.2. The molecule has 1 heterocycles. The molecule has 0 fully saturated rings. The van der Waals surface area contributed by atoms with Crippen LogP contribution in [0.25, 0.3) is 0 Å². The van der Waals surface area contributed by atoms with Gasteiger partial charge in [0, 0.05) is 0 Å². The van der Waals surface area contributed by atoms with E-state index in [-0.39, 0.29) is 11.5 Å². The van der Waals surface area contributed by atoms with Crippen LogP contribution in [0.2, 0.25) is 0 Å². The van der Waals surface area contributed by atoms with E-state index in [2.05, 4.69) is 13.5 Å². The van der Waals surface area contributed by atoms with Crippen LogP contribution in [0, 0.1) is 0 Å². The van der Waals surface area contributed by atoms with Crippen molar-refractivity contribution in [3.05, 3.63) is 60.7 Å². The van der Waals surface area contributed by atoms with Gasteiger partial charge in [0.2, 0.25) is 0 Å². The summed E-state index contributed by atoms with van der Waals surface area (Å²) in [7, 11) is -23.4. The average Bonchev–Trinajstić information content (AvgIpc) is 2.52. The van der Waals surface area contributed by atoms with Crippen LogP contribution < -0.4 is 9.05 Å². The molecule has 16 heteroatoms. The lowest BCUT2D eigenvalue weighted by Gasteiger charge is -2.19. The van der Waals surface area contributed by atoms with Gasteiger partial charge in [0.15, 0.2) is 0 Å². The van der Waals surface area contributed by atoms with Crippen LogP contribution in [-0.4, -0.2) is 0 Å². The second-order valence-corrected chi connectivity index (χ2v) is 12.0. The summed E-state index contributed by atoms with van der Waals surface area (Å²) in [5.74, 6) is -0.613. The quantitative estimate of drug-likeness (QED) is 0.323. The number of halogens is 6. The normalized spacial score (nSPS) is 28.2. The molecule has 1 aliphatic rings. The zero-order valence-electron chi connectivity index (χ0n) is 13.4. The third kappa shape index (κ3) is 5.77. The lowest BCUT2D eigenvalue weighted by atomic mass is 10.3. The molecule has 3 rings (SSSR count). The minimum atomic E-state index is -6.22. The molecule has 0 amide bonds. The molecule has 2 aromatic rings. The lowest BCUT2D eigenvalue weighted by Crippen LogP contribution is -1.91. The Balaban J connectivity index is 2.19. The molecule has 152 valence electrons. The predicted octanol–water partition coefficient (Wildman–Crippen LogP) is 9.76. The van der Waals surface area contributed by atoms with E-state index in [0.717, 1.165) is 0 Å². The number of hydrogen-bond acceptors (Lipinski definition) is 6. The average molecular weight is 480 g/mol. The maximum Gasteiger partial charge on any atom is 0.442 e. The highest BCUT2D eigenvalue weighted by molar-refractivity contribution is 7.78. The molecule has 0 saturated heterocycles. The van der Waals surface area contributed by atoms with Crippen LogP contribution in [0.1, 0.15) is 0 Å². The first-order valence-electron chi connectivity index (χ1n) is 7.21. The lowest BCUT2D eigenvalue weighted by molar-refractivity contribution is 0.534. The van der Waals surface area contributed by atoms with Gasteiger partial charge in [-0.05, 0) is 24.3 Å². The van der Waals surface area contributed by atoms with Crippen molar-refractivity contribution >= 4 is 31.1 Å². The molecule has 2 atom stereocenters. The first kappa shape index (κ1) is 21.3. The fourth-order valence-electron chi connectivity index (χ4n) is 1.91.